The molecule has 1 aromatic carbocycles. The Bertz CT molecular complexity index is 1650. The zero-order chi connectivity index (χ0) is 28.7. The second kappa shape index (κ2) is 10.5. The van der Waals surface area contributed by atoms with Gasteiger partial charge in [-0.1, -0.05) is 6.92 Å². The van der Waals surface area contributed by atoms with Gasteiger partial charge in [0.1, 0.15) is 29.0 Å². The summed E-state index contributed by atoms with van der Waals surface area (Å²) in [6, 6.07) is 4.12. The van der Waals surface area contributed by atoms with Gasteiger partial charge < -0.3 is 10.0 Å². The summed E-state index contributed by atoms with van der Waals surface area (Å²) < 4.78 is 58.5. The van der Waals surface area contributed by atoms with Crippen LogP contribution in [0.25, 0.3) is 11.5 Å². The van der Waals surface area contributed by atoms with E-state index in [1.807, 2.05) is 0 Å². The van der Waals surface area contributed by atoms with Crippen LogP contribution in [0, 0.1) is 23.3 Å². The maximum absolute atomic E-state index is 14.3. The second-order valence-corrected chi connectivity index (χ2v) is 9.57. The van der Waals surface area contributed by atoms with Crippen LogP contribution in [0.4, 0.5) is 17.6 Å². The Labute approximate surface area is 225 Å². The van der Waals surface area contributed by atoms with Crippen molar-refractivity contribution in [1.29, 1.82) is 0 Å². The SMILES string of the molecule is CC[C@@H](c1cc(F)cc(F)c1)n1c(-c2ccn(C)n2)nc(O)c(C(=O)N2CCC(c3ncc(F)cc3F)C2)c1=O. The summed E-state index contributed by atoms with van der Waals surface area (Å²) in [5.74, 6) is -5.76. The first-order chi connectivity index (χ1) is 19.1. The molecule has 0 spiro atoms. The lowest BCUT2D eigenvalue weighted by atomic mass is 10.0. The van der Waals surface area contributed by atoms with Crippen LogP contribution in [0.5, 0.6) is 5.88 Å². The lowest BCUT2D eigenvalue weighted by Gasteiger charge is -2.24. The smallest absolute Gasteiger partial charge is 0.271 e. The van der Waals surface area contributed by atoms with Gasteiger partial charge >= 0.3 is 0 Å². The van der Waals surface area contributed by atoms with E-state index in [4.69, 9.17) is 0 Å². The fraction of sp³-hybridized carbons (Fsp3) is 0.296. The highest BCUT2D eigenvalue weighted by Gasteiger charge is 2.35. The maximum atomic E-state index is 14.3. The molecule has 1 unspecified atom stereocenters. The van der Waals surface area contributed by atoms with Gasteiger partial charge in [0.05, 0.1) is 17.9 Å². The maximum Gasteiger partial charge on any atom is 0.271 e. The number of rotatable bonds is 6. The number of aromatic hydroxyl groups is 1. The lowest BCUT2D eigenvalue weighted by Crippen LogP contribution is -2.38. The van der Waals surface area contributed by atoms with Gasteiger partial charge in [0.2, 0.25) is 5.88 Å². The van der Waals surface area contributed by atoms with Crippen LogP contribution >= 0.6 is 0 Å². The molecule has 13 heteroatoms. The van der Waals surface area contributed by atoms with Crippen molar-refractivity contribution in [2.45, 2.75) is 31.7 Å². The molecule has 1 saturated heterocycles. The van der Waals surface area contributed by atoms with Gasteiger partial charge in [-0.3, -0.25) is 23.8 Å². The first-order valence-electron chi connectivity index (χ1n) is 12.5. The van der Waals surface area contributed by atoms with Gasteiger partial charge in [0.25, 0.3) is 11.5 Å². The topological polar surface area (TPSA) is 106 Å². The Morgan fingerprint density at radius 3 is 2.48 bits per heavy atom. The number of nitrogens with zero attached hydrogens (tertiary/aromatic N) is 6. The van der Waals surface area contributed by atoms with Crippen molar-refractivity contribution in [3.8, 4) is 17.4 Å². The Kier molecular flexibility index (Phi) is 7.13. The Morgan fingerprint density at radius 2 is 1.85 bits per heavy atom. The Balaban J connectivity index is 1.60. The summed E-state index contributed by atoms with van der Waals surface area (Å²) in [7, 11) is 1.63. The number of aryl methyl sites for hydroxylation is 1. The van der Waals surface area contributed by atoms with Crippen LogP contribution in [0.3, 0.4) is 0 Å². The monoisotopic (exact) mass is 556 g/mol. The number of carbonyl (C=O) groups is 1. The van der Waals surface area contributed by atoms with Crippen molar-refractivity contribution in [2.75, 3.05) is 13.1 Å². The van der Waals surface area contributed by atoms with E-state index in [0.29, 0.717) is 12.1 Å². The van der Waals surface area contributed by atoms with Gasteiger partial charge in [-0.05, 0) is 36.6 Å². The minimum absolute atomic E-state index is 0.0128. The Morgan fingerprint density at radius 1 is 1.12 bits per heavy atom. The predicted molar refractivity (Wildman–Crippen MR) is 135 cm³/mol. The third-order valence-electron chi connectivity index (χ3n) is 6.92. The molecular weight excluding hydrogens is 532 g/mol. The van der Waals surface area contributed by atoms with Crippen LogP contribution in [0.15, 0.2) is 47.5 Å². The minimum atomic E-state index is -0.974. The highest BCUT2D eigenvalue weighted by Crippen LogP contribution is 2.32. The van der Waals surface area contributed by atoms with E-state index in [2.05, 4.69) is 15.1 Å². The number of hydrogen-bond donors (Lipinski definition) is 1. The molecule has 40 heavy (non-hydrogen) atoms. The molecule has 0 saturated carbocycles. The number of likely N-dealkylation sites (tertiary alicyclic amines) is 1. The highest BCUT2D eigenvalue weighted by atomic mass is 19.1. The molecule has 9 nitrogen and oxygen atoms in total. The molecule has 0 radical (unpaired) electrons. The van der Waals surface area contributed by atoms with E-state index in [-0.39, 0.29) is 48.7 Å². The molecule has 3 aromatic heterocycles. The number of benzene rings is 1. The third-order valence-corrected chi connectivity index (χ3v) is 6.92. The molecular formula is C27H24F4N6O3. The second-order valence-electron chi connectivity index (χ2n) is 9.57. The van der Waals surface area contributed by atoms with Crippen molar-refractivity contribution in [3.63, 3.8) is 0 Å². The first kappa shape index (κ1) is 27.0. The number of aromatic nitrogens is 5. The van der Waals surface area contributed by atoms with Crippen LogP contribution in [0.1, 0.15) is 53.3 Å². The predicted octanol–water partition coefficient (Wildman–Crippen LogP) is 3.93. The normalized spacial score (nSPS) is 15.9. The summed E-state index contributed by atoms with van der Waals surface area (Å²) >= 11 is 0. The van der Waals surface area contributed by atoms with Crippen LogP contribution in [-0.4, -0.2) is 53.3 Å². The fourth-order valence-electron chi connectivity index (χ4n) is 5.10. The molecule has 1 N–H and O–H groups in total. The molecule has 1 fully saturated rings. The molecule has 1 aliphatic rings. The molecule has 0 bridgehead atoms. The summed E-state index contributed by atoms with van der Waals surface area (Å²) in [6.45, 7) is 1.75. The van der Waals surface area contributed by atoms with Crippen molar-refractivity contribution in [2.24, 2.45) is 7.05 Å². The zero-order valence-corrected chi connectivity index (χ0v) is 21.5. The minimum Gasteiger partial charge on any atom is -0.493 e. The van der Waals surface area contributed by atoms with Crippen molar-refractivity contribution < 1.29 is 27.5 Å². The molecule has 1 amide bonds. The molecule has 0 aliphatic carbocycles. The molecule has 208 valence electrons. The largest absolute Gasteiger partial charge is 0.493 e. The zero-order valence-electron chi connectivity index (χ0n) is 21.5. The van der Waals surface area contributed by atoms with E-state index >= 15 is 0 Å². The first-order valence-corrected chi connectivity index (χ1v) is 12.5. The fourth-order valence-corrected chi connectivity index (χ4v) is 5.10. The molecule has 5 rings (SSSR count). The molecule has 4 aromatic rings. The summed E-state index contributed by atoms with van der Waals surface area (Å²) in [6.07, 6.45) is 2.92. The van der Waals surface area contributed by atoms with E-state index in [0.717, 1.165) is 22.9 Å². The average molecular weight is 557 g/mol. The summed E-state index contributed by atoms with van der Waals surface area (Å²) in [5.41, 5.74) is -1.30. The van der Waals surface area contributed by atoms with Gasteiger partial charge in [-0.2, -0.15) is 10.1 Å². The van der Waals surface area contributed by atoms with Crippen molar-refractivity contribution >= 4 is 5.91 Å². The van der Waals surface area contributed by atoms with Crippen LogP contribution in [0.2, 0.25) is 0 Å². The number of pyridine rings is 1. The number of hydrogen-bond acceptors (Lipinski definition) is 6. The van der Waals surface area contributed by atoms with Gasteiger partial charge in [-0.15, -0.1) is 0 Å². The number of carbonyl (C=O) groups excluding carboxylic acids is 1. The van der Waals surface area contributed by atoms with E-state index < -0.39 is 58.1 Å². The van der Waals surface area contributed by atoms with Gasteiger partial charge in [0, 0.05) is 44.4 Å². The third kappa shape index (κ3) is 4.94. The number of amides is 1. The van der Waals surface area contributed by atoms with Crippen LogP contribution < -0.4 is 5.56 Å². The molecule has 1 aliphatic heterocycles. The van der Waals surface area contributed by atoms with Crippen molar-refractivity contribution in [1.82, 2.24) is 29.2 Å². The standard InChI is InChI=1S/C27H24F4N6O3/c1-3-21(15-8-16(28)10-17(29)9-15)37-24(20-5-6-35(2)34-20)33-25(38)22(27(37)40)26(39)36-7-4-14(13-36)23-19(31)11-18(30)12-32-23/h5-6,8-12,14,21,38H,3-4,7,13H2,1-2H3/t14?,21-/m0/s1. The van der Waals surface area contributed by atoms with Gasteiger partial charge in [-0.25, -0.2) is 17.6 Å². The highest BCUT2D eigenvalue weighted by molar-refractivity contribution is 5.96. The quantitative estimate of drug-likeness (QED) is 0.361. The van der Waals surface area contributed by atoms with Crippen LogP contribution in [-0.2, 0) is 7.05 Å². The Hall–Kier alpha value is -4.55. The molecule has 4 heterocycles. The van der Waals surface area contributed by atoms with Crippen molar-refractivity contribution in [3.05, 3.63) is 93.2 Å². The van der Waals surface area contributed by atoms with E-state index in [1.165, 1.54) is 15.6 Å². The van der Waals surface area contributed by atoms with Gasteiger partial charge in [0.15, 0.2) is 11.4 Å². The van der Waals surface area contributed by atoms with E-state index in [9.17, 15) is 32.3 Å². The van der Waals surface area contributed by atoms with E-state index in [1.54, 1.807) is 20.2 Å². The average Bonchev–Trinajstić information content (AvgIpc) is 3.54. The summed E-state index contributed by atoms with van der Waals surface area (Å²) in [4.78, 5) is 36.7. The number of halogens is 4. The molecule has 2 atom stereocenters. The lowest BCUT2D eigenvalue weighted by molar-refractivity contribution is 0.0783. The summed E-state index contributed by atoms with van der Waals surface area (Å²) in [5, 5.41) is 15.1.